The van der Waals surface area contributed by atoms with Crippen LogP contribution in [-0.2, 0) is 4.79 Å². The van der Waals surface area contributed by atoms with Gasteiger partial charge < -0.3 is 10.2 Å². The molecule has 0 spiro atoms. The van der Waals surface area contributed by atoms with Crippen molar-refractivity contribution in [1.82, 2.24) is 10.2 Å². The molecule has 3 nitrogen and oxygen atoms in total. The van der Waals surface area contributed by atoms with Crippen LogP contribution >= 0.6 is 0 Å². The summed E-state index contributed by atoms with van der Waals surface area (Å²) in [6, 6.07) is 0. The number of hydrogen-bond donors (Lipinski definition) is 1. The van der Waals surface area contributed by atoms with Crippen molar-refractivity contribution in [3.63, 3.8) is 0 Å². The highest BCUT2D eigenvalue weighted by molar-refractivity contribution is 5.77. The van der Waals surface area contributed by atoms with Crippen molar-refractivity contribution in [1.29, 1.82) is 0 Å². The normalized spacial score (nSPS) is 13.5. The van der Waals surface area contributed by atoms with E-state index in [1.165, 1.54) is 0 Å². The number of nitrogens with one attached hydrogen (secondary N) is 1. The Balaban J connectivity index is 0. The third-order valence-corrected chi connectivity index (χ3v) is 1.54. The molecule has 0 saturated carbocycles. The van der Waals surface area contributed by atoms with Gasteiger partial charge in [-0.1, -0.05) is 6.92 Å². The molecular formula is C10H20N2O. The molecule has 0 aromatic rings. The Kier molecular flexibility index (Phi) is 12.3. The van der Waals surface area contributed by atoms with Gasteiger partial charge in [-0.25, -0.2) is 0 Å². The number of terminal acetylenes is 1. The summed E-state index contributed by atoms with van der Waals surface area (Å²) in [5.74, 6) is 0.204. The van der Waals surface area contributed by atoms with Crippen molar-refractivity contribution in [2.45, 2.75) is 19.8 Å². The molecule has 76 valence electrons. The molecule has 1 aliphatic heterocycles. The summed E-state index contributed by atoms with van der Waals surface area (Å²) in [7, 11) is 4.11. The number of rotatable bonds is 1. The van der Waals surface area contributed by atoms with Crippen LogP contribution < -0.4 is 5.32 Å². The Morgan fingerprint density at radius 2 is 1.92 bits per heavy atom. The van der Waals surface area contributed by atoms with Crippen LogP contribution in [0.3, 0.4) is 0 Å². The largest absolute Gasteiger partial charge is 0.356 e. The maximum Gasteiger partial charge on any atom is 0.220 e. The van der Waals surface area contributed by atoms with E-state index >= 15 is 0 Å². The van der Waals surface area contributed by atoms with Crippen LogP contribution in [-0.4, -0.2) is 38.0 Å². The van der Waals surface area contributed by atoms with Gasteiger partial charge in [0.2, 0.25) is 5.91 Å². The van der Waals surface area contributed by atoms with Crippen molar-refractivity contribution in [3.8, 4) is 12.8 Å². The maximum atomic E-state index is 10.1. The molecule has 1 rings (SSSR count). The zero-order chi connectivity index (χ0) is 10.7. The lowest BCUT2D eigenvalue weighted by Crippen LogP contribution is -2.12. The van der Waals surface area contributed by atoms with Crippen molar-refractivity contribution in [3.05, 3.63) is 0 Å². The van der Waals surface area contributed by atoms with E-state index < -0.39 is 0 Å². The van der Waals surface area contributed by atoms with Gasteiger partial charge in [-0.2, -0.15) is 0 Å². The average Bonchev–Trinajstić information content (AvgIpc) is 2.60. The van der Waals surface area contributed by atoms with Gasteiger partial charge in [-0.05, 0) is 27.1 Å². The molecular weight excluding hydrogens is 164 g/mol. The molecule has 0 unspecified atom stereocenters. The first-order valence-corrected chi connectivity index (χ1v) is 4.41. The van der Waals surface area contributed by atoms with Crippen LogP contribution in [0.4, 0.5) is 0 Å². The lowest BCUT2D eigenvalue weighted by Gasteiger charge is -2.00. The van der Waals surface area contributed by atoms with E-state index in [9.17, 15) is 4.79 Å². The fourth-order valence-corrected chi connectivity index (χ4v) is 0.565. The second-order valence-corrected chi connectivity index (χ2v) is 2.85. The molecule has 1 amide bonds. The molecule has 0 aromatic heterocycles. The number of hydrogen-bond acceptors (Lipinski definition) is 2. The standard InChI is InChI=1S/C4H7NO.C4H11N.C2H2/c6-4-2-1-3-5-4;1-4-5(2)3;1-2/h1-3H2,(H,5,6);4H2,1-3H3;1-2H. The van der Waals surface area contributed by atoms with E-state index in [-0.39, 0.29) is 5.91 Å². The molecule has 1 fully saturated rings. The third kappa shape index (κ3) is 13.9. The Bertz CT molecular complexity index is 133. The van der Waals surface area contributed by atoms with Gasteiger partial charge in [0.25, 0.3) is 0 Å². The summed E-state index contributed by atoms with van der Waals surface area (Å²) in [6.07, 6.45) is 9.76. The smallest absolute Gasteiger partial charge is 0.220 e. The molecule has 13 heavy (non-hydrogen) atoms. The Morgan fingerprint density at radius 3 is 2.00 bits per heavy atom. The quantitative estimate of drug-likeness (QED) is 0.609. The minimum atomic E-state index is 0.204. The van der Waals surface area contributed by atoms with Crippen molar-refractivity contribution in [2.24, 2.45) is 0 Å². The second-order valence-electron chi connectivity index (χ2n) is 2.85. The van der Waals surface area contributed by atoms with Gasteiger partial charge in [-0.3, -0.25) is 4.79 Å². The number of amides is 1. The van der Waals surface area contributed by atoms with Gasteiger partial charge in [0.15, 0.2) is 0 Å². The number of carbonyl (C=O) groups excluding carboxylic acids is 1. The fraction of sp³-hybridized carbons (Fsp3) is 0.700. The molecule has 1 N–H and O–H groups in total. The summed E-state index contributed by atoms with van der Waals surface area (Å²) in [4.78, 5) is 12.3. The van der Waals surface area contributed by atoms with Crippen molar-refractivity contribution in [2.75, 3.05) is 27.2 Å². The summed E-state index contributed by atoms with van der Waals surface area (Å²) in [5.41, 5.74) is 0. The Morgan fingerprint density at radius 1 is 1.46 bits per heavy atom. The fourth-order valence-electron chi connectivity index (χ4n) is 0.565. The van der Waals surface area contributed by atoms with E-state index in [4.69, 9.17) is 0 Å². The summed E-state index contributed by atoms with van der Waals surface area (Å²) in [5, 5.41) is 2.68. The first-order valence-electron chi connectivity index (χ1n) is 4.41. The Hall–Kier alpha value is -1.01. The molecule has 1 aliphatic rings. The van der Waals surface area contributed by atoms with Gasteiger partial charge in [0.05, 0.1) is 0 Å². The molecule has 1 saturated heterocycles. The zero-order valence-corrected chi connectivity index (χ0v) is 8.84. The van der Waals surface area contributed by atoms with E-state index in [1.54, 1.807) is 0 Å². The van der Waals surface area contributed by atoms with Gasteiger partial charge in [-0.15, -0.1) is 12.8 Å². The molecule has 0 aliphatic carbocycles. The third-order valence-electron chi connectivity index (χ3n) is 1.54. The van der Waals surface area contributed by atoms with Gasteiger partial charge in [0.1, 0.15) is 0 Å². The van der Waals surface area contributed by atoms with Gasteiger partial charge in [0, 0.05) is 13.0 Å². The highest BCUT2D eigenvalue weighted by Gasteiger charge is 2.05. The summed E-state index contributed by atoms with van der Waals surface area (Å²) in [6.45, 7) is 4.15. The minimum absolute atomic E-state index is 0.204. The van der Waals surface area contributed by atoms with Crippen LogP contribution in [0.1, 0.15) is 19.8 Å². The first-order chi connectivity index (χ1) is 6.16. The first kappa shape index (κ1) is 14.5. The maximum absolute atomic E-state index is 10.1. The zero-order valence-electron chi connectivity index (χ0n) is 8.84. The lowest BCUT2D eigenvalue weighted by molar-refractivity contribution is -0.119. The highest BCUT2D eigenvalue weighted by atomic mass is 16.1. The van der Waals surface area contributed by atoms with Crippen LogP contribution in [0.15, 0.2) is 0 Å². The lowest BCUT2D eigenvalue weighted by atomic mass is 10.4. The molecule has 0 bridgehead atoms. The SMILES string of the molecule is C#C.CCN(C)C.O=C1CCCN1. The van der Waals surface area contributed by atoms with Crippen LogP contribution in [0, 0.1) is 12.8 Å². The molecule has 1 heterocycles. The van der Waals surface area contributed by atoms with Crippen LogP contribution in [0.5, 0.6) is 0 Å². The van der Waals surface area contributed by atoms with E-state index in [1.807, 2.05) is 0 Å². The number of nitrogens with zero attached hydrogens (tertiary/aromatic N) is 1. The van der Waals surface area contributed by atoms with Crippen LogP contribution in [0.2, 0.25) is 0 Å². The monoisotopic (exact) mass is 184 g/mol. The van der Waals surface area contributed by atoms with Gasteiger partial charge >= 0.3 is 0 Å². The van der Waals surface area contributed by atoms with E-state index in [2.05, 4.69) is 44.1 Å². The summed E-state index contributed by atoms with van der Waals surface area (Å²) >= 11 is 0. The molecule has 0 radical (unpaired) electrons. The average molecular weight is 184 g/mol. The molecule has 0 aromatic carbocycles. The Labute approximate surface area is 81.5 Å². The topological polar surface area (TPSA) is 32.3 Å². The molecule has 3 heteroatoms. The predicted octanol–water partition coefficient (Wildman–Crippen LogP) is 0.714. The van der Waals surface area contributed by atoms with Crippen LogP contribution in [0.25, 0.3) is 0 Å². The number of carbonyl (C=O) groups is 1. The minimum Gasteiger partial charge on any atom is -0.356 e. The van der Waals surface area contributed by atoms with E-state index in [0.717, 1.165) is 25.9 Å². The van der Waals surface area contributed by atoms with E-state index in [0.29, 0.717) is 0 Å². The highest BCUT2D eigenvalue weighted by Crippen LogP contribution is 1.93. The molecule has 0 atom stereocenters. The van der Waals surface area contributed by atoms with Crippen molar-refractivity contribution < 1.29 is 4.79 Å². The second kappa shape index (κ2) is 11.0. The predicted molar refractivity (Wildman–Crippen MR) is 56.4 cm³/mol. The summed E-state index contributed by atoms with van der Waals surface area (Å²) < 4.78 is 0. The van der Waals surface area contributed by atoms with Crippen molar-refractivity contribution >= 4 is 5.91 Å².